The normalized spacial score (nSPS) is 15.7. The number of rotatable bonds is 10. The number of ether oxygens (including phenoxy) is 2. The van der Waals surface area contributed by atoms with E-state index in [0.29, 0.717) is 17.2 Å². The van der Waals surface area contributed by atoms with E-state index < -0.39 is 22.6 Å². The van der Waals surface area contributed by atoms with Gasteiger partial charge in [0.05, 0.1) is 6.54 Å². The zero-order valence-electron chi connectivity index (χ0n) is 20.1. The molecule has 0 bridgehead atoms. The van der Waals surface area contributed by atoms with Crippen LogP contribution >= 0.6 is 0 Å². The van der Waals surface area contributed by atoms with Crippen LogP contribution in [0.15, 0.2) is 48.5 Å². The first-order valence-corrected chi connectivity index (χ1v) is 13.6. The van der Waals surface area contributed by atoms with E-state index in [9.17, 15) is 18.6 Å². The molecule has 3 amide bonds. The number of benzene rings is 2. The van der Waals surface area contributed by atoms with Crippen LogP contribution in [-0.2, 0) is 31.7 Å². The lowest BCUT2D eigenvalue weighted by Gasteiger charge is -2.26. The van der Waals surface area contributed by atoms with Crippen LogP contribution in [0.4, 0.5) is 5.69 Å². The highest BCUT2D eigenvalue weighted by molar-refractivity contribution is 7.86. The molecule has 1 heterocycles. The molecule has 1 atom stereocenters. The Morgan fingerprint density at radius 2 is 1.67 bits per heavy atom. The van der Waals surface area contributed by atoms with Crippen molar-refractivity contribution < 1.29 is 28.1 Å². The molecule has 0 unspecified atom stereocenters. The van der Waals surface area contributed by atoms with Crippen LogP contribution < -0.4 is 20.1 Å². The third-order valence-corrected chi connectivity index (χ3v) is 7.26. The van der Waals surface area contributed by atoms with Gasteiger partial charge < -0.3 is 25.0 Å². The van der Waals surface area contributed by atoms with Gasteiger partial charge in [0.25, 0.3) is 0 Å². The number of nitrogens with zero attached hydrogens (tertiary/aromatic N) is 1. The highest BCUT2D eigenvalue weighted by Gasteiger charge is 2.23. The predicted octanol–water partition coefficient (Wildman–Crippen LogP) is 2.58. The molecule has 2 aliphatic rings. The zero-order chi connectivity index (χ0) is 25.3. The summed E-state index contributed by atoms with van der Waals surface area (Å²) in [4.78, 5) is 39.5. The number of fused-ring (bicyclic) bond motifs is 1. The standard InChI is InChI=1S/C26H31N3O6S/c30-24(27-20-9-5-2-6-10-20)15-29(14-19-7-3-1-4-8-19)26(32)17-36(33)16-25(31)28-21-11-12-22-23(13-21)35-18-34-22/h1,3-4,7-8,11-13,20H,2,5-6,9-10,14-18H2,(H,27,30)(H,28,31)/t36-/m0/s1. The summed E-state index contributed by atoms with van der Waals surface area (Å²) in [6, 6.07) is 14.4. The van der Waals surface area contributed by atoms with Crippen molar-refractivity contribution in [1.29, 1.82) is 0 Å². The molecular weight excluding hydrogens is 482 g/mol. The van der Waals surface area contributed by atoms with Crippen molar-refractivity contribution in [1.82, 2.24) is 10.2 Å². The molecule has 10 heteroatoms. The first kappa shape index (κ1) is 25.7. The number of anilines is 1. The van der Waals surface area contributed by atoms with Crippen LogP contribution in [0.1, 0.15) is 37.7 Å². The maximum absolute atomic E-state index is 13.0. The van der Waals surface area contributed by atoms with Crippen molar-refractivity contribution in [3.8, 4) is 11.5 Å². The van der Waals surface area contributed by atoms with Gasteiger partial charge in [0.15, 0.2) is 11.5 Å². The number of hydrogen-bond acceptors (Lipinski definition) is 6. The summed E-state index contributed by atoms with van der Waals surface area (Å²) in [5.41, 5.74) is 1.35. The molecule has 0 radical (unpaired) electrons. The van der Waals surface area contributed by atoms with Crippen molar-refractivity contribution in [3.63, 3.8) is 0 Å². The van der Waals surface area contributed by atoms with Gasteiger partial charge in [0, 0.05) is 35.1 Å². The largest absolute Gasteiger partial charge is 0.454 e. The molecule has 1 aliphatic heterocycles. The molecule has 0 saturated heterocycles. The maximum atomic E-state index is 13.0. The third-order valence-electron chi connectivity index (χ3n) is 6.11. The number of amides is 3. The summed E-state index contributed by atoms with van der Waals surface area (Å²) in [5, 5.41) is 5.69. The van der Waals surface area contributed by atoms with Crippen LogP contribution in [0.3, 0.4) is 0 Å². The Kier molecular flexibility index (Phi) is 8.94. The molecule has 4 rings (SSSR count). The number of nitrogens with one attached hydrogen (secondary N) is 2. The minimum Gasteiger partial charge on any atom is -0.454 e. The van der Waals surface area contributed by atoms with E-state index in [1.54, 1.807) is 18.2 Å². The van der Waals surface area contributed by atoms with Crippen LogP contribution in [0.2, 0.25) is 0 Å². The second kappa shape index (κ2) is 12.5. The van der Waals surface area contributed by atoms with Crippen molar-refractivity contribution in [2.45, 2.75) is 44.7 Å². The quantitative estimate of drug-likeness (QED) is 0.505. The molecule has 0 aromatic heterocycles. The van der Waals surface area contributed by atoms with E-state index in [-0.39, 0.29) is 43.3 Å². The van der Waals surface area contributed by atoms with Gasteiger partial charge in [0.2, 0.25) is 24.5 Å². The van der Waals surface area contributed by atoms with Gasteiger partial charge in [-0.1, -0.05) is 49.6 Å². The monoisotopic (exact) mass is 513 g/mol. The van der Waals surface area contributed by atoms with Crippen LogP contribution in [-0.4, -0.2) is 57.7 Å². The molecule has 2 N–H and O–H groups in total. The van der Waals surface area contributed by atoms with Crippen molar-refractivity contribution in [2.24, 2.45) is 0 Å². The first-order valence-electron chi connectivity index (χ1n) is 12.1. The second-order valence-corrected chi connectivity index (χ2v) is 10.4. The van der Waals surface area contributed by atoms with Crippen LogP contribution in [0.5, 0.6) is 11.5 Å². The van der Waals surface area contributed by atoms with E-state index in [1.807, 2.05) is 30.3 Å². The van der Waals surface area contributed by atoms with E-state index >= 15 is 0 Å². The van der Waals surface area contributed by atoms with Crippen LogP contribution in [0, 0.1) is 0 Å². The third kappa shape index (κ3) is 7.55. The zero-order valence-corrected chi connectivity index (χ0v) is 20.9. The van der Waals surface area contributed by atoms with E-state index in [0.717, 1.165) is 31.2 Å². The van der Waals surface area contributed by atoms with Crippen molar-refractivity contribution in [3.05, 3.63) is 54.1 Å². The smallest absolute Gasteiger partial charge is 0.239 e. The fourth-order valence-corrected chi connectivity index (χ4v) is 5.25. The Hall–Kier alpha value is -3.40. The van der Waals surface area contributed by atoms with Gasteiger partial charge in [-0.25, -0.2) is 0 Å². The maximum Gasteiger partial charge on any atom is 0.239 e. The molecule has 0 spiro atoms. The first-order chi connectivity index (χ1) is 17.5. The summed E-state index contributed by atoms with van der Waals surface area (Å²) in [7, 11) is -1.74. The average molecular weight is 514 g/mol. The van der Waals surface area contributed by atoms with Gasteiger partial charge >= 0.3 is 0 Å². The minimum absolute atomic E-state index is 0.120. The Balaban J connectivity index is 1.32. The summed E-state index contributed by atoms with van der Waals surface area (Å²) in [6.45, 7) is 0.222. The fraction of sp³-hybridized carbons (Fsp3) is 0.423. The van der Waals surface area contributed by atoms with Gasteiger partial charge in [-0.2, -0.15) is 0 Å². The Morgan fingerprint density at radius 1 is 0.917 bits per heavy atom. The lowest BCUT2D eigenvalue weighted by atomic mass is 9.95. The minimum atomic E-state index is -1.74. The second-order valence-electron chi connectivity index (χ2n) is 8.98. The molecule has 2 aromatic rings. The Morgan fingerprint density at radius 3 is 2.44 bits per heavy atom. The average Bonchev–Trinajstić information content (AvgIpc) is 3.32. The van der Waals surface area contributed by atoms with Crippen molar-refractivity contribution >= 4 is 34.2 Å². The van der Waals surface area contributed by atoms with Gasteiger partial charge in [-0.15, -0.1) is 0 Å². The van der Waals surface area contributed by atoms with E-state index in [4.69, 9.17) is 9.47 Å². The summed E-state index contributed by atoms with van der Waals surface area (Å²) < 4.78 is 23.2. The highest BCUT2D eigenvalue weighted by Crippen LogP contribution is 2.34. The SMILES string of the molecule is O=C(C[S@](=O)CC(=O)N(CC(=O)NC1CCCCC1)Cc1ccccc1)Nc1ccc2c(c1)OCO2. The molecule has 2 aromatic carbocycles. The summed E-state index contributed by atoms with van der Waals surface area (Å²) in [5.74, 6) is -0.722. The lowest BCUT2D eigenvalue weighted by molar-refractivity contribution is -0.135. The molecule has 192 valence electrons. The van der Waals surface area contributed by atoms with Gasteiger partial charge in [-0.05, 0) is 30.5 Å². The lowest BCUT2D eigenvalue weighted by Crippen LogP contribution is -2.45. The van der Waals surface area contributed by atoms with Crippen LogP contribution in [0.25, 0.3) is 0 Å². The number of carbonyl (C=O) groups excluding carboxylic acids is 3. The highest BCUT2D eigenvalue weighted by atomic mass is 32.2. The summed E-state index contributed by atoms with van der Waals surface area (Å²) in [6.07, 6.45) is 5.25. The topological polar surface area (TPSA) is 114 Å². The Labute approximate surface area is 213 Å². The van der Waals surface area contributed by atoms with Gasteiger partial charge in [0.1, 0.15) is 11.5 Å². The Bertz CT molecular complexity index is 1100. The van der Waals surface area contributed by atoms with Crippen molar-refractivity contribution in [2.75, 3.05) is 30.2 Å². The number of hydrogen-bond donors (Lipinski definition) is 2. The van der Waals surface area contributed by atoms with E-state index in [1.165, 1.54) is 11.3 Å². The molecule has 1 aliphatic carbocycles. The molecular formula is C26H31N3O6S. The molecule has 9 nitrogen and oxygen atoms in total. The molecule has 36 heavy (non-hydrogen) atoms. The van der Waals surface area contributed by atoms with Gasteiger partial charge in [-0.3, -0.25) is 18.6 Å². The molecule has 1 fully saturated rings. The number of carbonyl (C=O) groups is 3. The summed E-state index contributed by atoms with van der Waals surface area (Å²) >= 11 is 0. The predicted molar refractivity (Wildman–Crippen MR) is 136 cm³/mol. The fourth-order valence-electron chi connectivity index (χ4n) is 4.33. The van der Waals surface area contributed by atoms with E-state index in [2.05, 4.69) is 10.6 Å². The molecule has 1 saturated carbocycles.